The first-order valence-corrected chi connectivity index (χ1v) is 9.75. The highest BCUT2D eigenvalue weighted by atomic mass is 127. The molecule has 2 aromatic rings. The third-order valence-corrected chi connectivity index (χ3v) is 4.52. The van der Waals surface area contributed by atoms with Crippen molar-refractivity contribution in [2.24, 2.45) is 10.7 Å². The molecule has 1 heterocycles. The van der Waals surface area contributed by atoms with Gasteiger partial charge in [0.2, 0.25) is 5.91 Å². The van der Waals surface area contributed by atoms with E-state index in [4.69, 9.17) is 10.5 Å². The molecule has 1 amide bonds. The van der Waals surface area contributed by atoms with Gasteiger partial charge in [0.15, 0.2) is 5.96 Å². The molecule has 0 atom stereocenters. The summed E-state index contributed by atoms with van der Waals surface area (Å²) in [6.07, 6.45) is 2.20. The summed E-state index contributed by atoms with van der Waals surface area (Å²) in [5.74, 6) is 1.31. The topological polar surface area (TPSA) is 80.0 Å². The Labute approximate surface area is 189 Å². The van der Waals surface area contributed by atoms with Gasteiger partial charge >= 0.3 is 0 Å². The number of nitrogens with one attached hydrogen (secondary N) is 1. The molecule has 3 rings (SSSR count). The molecule has 2 aromatic carbocycles. The highest BCUT2D eigenvalue weighted by Crippen LogP contribution is 2.28. The summed E-state index contributed by atoms with van der Waals surface area (Å²) in [5.41, 5.74) is 9.07. The van der Waals surface area contributed by atoms with Crippen molar-refractivity contribution in [3.8, 4) is 5.75 Å². The van der Waals surface area contributed by atoms with E-state index in [1.807, 2.05) is 61.2 Å². The van der Waals surface area contributed by atoms with Crippen molar-refractivity contribution in [2.45, 2.75) is 39.2 Å². The minimum Gasteiger partial charge on any atom is -0.491 e. The van der Waals surface area contributed by atoms with Crippen molar-refractivity contribution in [3.05, 3.63) is 54.1 Å². The van der Waals surface area contributed by atoms with Crippen LogP contribution in [0.3, 0.4) is 0 Å². The number of nitrogens with two attached hydrogens (primary N) is 1. The minimum atomic E-state index is 0. The number of halogens is 1. The summed E-state index contributed by atoms with van der Waals surface area (Å²) in [7, 11) is 0. The number of rotatable bonds is 7. The van der Waals surface area contributed by atoms with Gasteiger partial charge in [0.1, 0.15) is 5.75 Å². The van der Waals surface area contributed by atoms with Gasteiger partial charge < -0.3 is 20.7 Å². The zero-order valence-corrected chi connectivity index (χ0v) is 19.3. The zero-order chi connectivity index (χ0) is 19.9. The minimum absolute atomic E-state index is 0. The van der Waals surface area contributed by atoms with Crippen molar-refractivity contribution in [1.82, 2.24) is 0 Å². The van der Waals surface area contributed by atoms with Gasteiger partial charge in [-0.3, -0.25) is 9.79 Å². The van der Waals surface area contributed by atoms with Crippen LogP contribution in [0, 0.1) is 0 Å². The molecule has 6 nitrogen and oxygen atoms in total. The van der Waals surface area contributed by atoms with Crippen molar-refractivity contribution in [1.29, 1.82) is 0 Å². The fourth-order valence-electron chi connectivity index (χ4n) is 3.24. The molecule has 0 fully saturated rings. The highest BCUT2D eigenvalue weighted by molar-refractivity contribution is 14.0. The Morgan fingerprint density at radius 3 is 2.66 bits per heavy atom. The summed E-state index contributed by atoms with van der Waals surface area (Å²) in [5, 5.41) is 3.06. The molecule has 0 saturated heterocycles. The first-order chi connectivity index (χ1) is 13.5. The van der Waals surface area contributed by atoms with Crippen molar-refractivity contribution in [2.75, 3.05) is 23.3 Å². The second-order valence-electron chi connectivity index (χ2n) is 7.11. The average Bonchev–Trinajstić information content (AvgIpc) is 3.10. The quantitative estimate of drug-likeness (QED) is 0.255. The molecule has 3 N–H and O–H groups in total. The molecule has 0 radical (unpaired) electrons. The third-order valence-electron chi connectivity index (χ3n) is 4.52. The van der Waals surface area contributed by atoms with Gasteiger partial charge in [-0.15, -0.1) is 24.0 Å². The molecule has 7 heteroatoms. The number of fused-ring (bicyclic) bond motifs is 1. The molecule has 29 heavy (non-hydrogen) atoms. The van der Waals surface area contributed by atoms with Crippen LogP contribution in [-0.2, 0) is 11.2 Å². The van der Waals surface area contributed by atoms with E-state index in [9.17, 15) is 4.79 Å². The number of aliphatic imine (C=N–C) groups is 1. The maximum absolute atomic E-state index is 12.5. The first kappa shape index (κ1) is 23.0. The molecule has 0 bridgehead atoms. The van der Waals surface area contributed by atoms with Gasteiger partial charge in [-0.25, -0.2) is 0 Å². The van der Waals surface area contributed by atoms with Gasteiger partial charge in [0, 0.05) is 30.9 Å². The number of anilines is 2. The average molecular weight is 508 g/mol. The van der Waals surface area contributed by atoms with Crippen LogP contribution in [0.25, 0.3) is 0 Å². The Kier molecular flexibility index (Phi) is 8.75. The van der Waals surface area contributed by atoms with Crippen LogP contribution in [0.1, 0.15) is 32.3 Å². The maximum atomic E-state index is 12.5. The predicted molar refractivity (Wildman–Crippen MR) is 129 cm³/mol. The fraction of sp³-hybridized carbons (Fsp3) is 0.364. The number of para-hydroxylation sites is 1. The second-order valence-corrected chi connectivity index (χ2v) is 7.11. The highest BCUT2D eigenvalue weighted by Gasteiger charge is 2.23. The lowest BCUT2D eigenvalue weighted by molar-refractivity contribution is -0.118. The van der Waals surface area contributed by atoms with Gasteiger partial charge in [-0.2, -0.15) is 0 Å². The van der Waals surface area contributed by atoms with Crippen LogP contribution >= 0.6 is 24.0 Å². The molecular formula is C22H29IN4O2. The lowest BCUT2D eigenvalue weighted by Gasteiger charge is -2.17. The molecule has 0 aromatic heterocycles. The lowest BCUT2D eigenvalue weighted by atomic mass is 10.2. The smallest absolute Gasteiger partial charge is 0.227 e. The molecule has 0 spiro atoms. The number of ether oxygens (including phenoxy) is 1. The van der Waals surface area contributed by atoms with E-state index in [1.165, 1.54) is 5.56 Å². The second kappa shape index (κ2) is 11.0. The molecule has 1 aliphatic rings. The normalized spacial score (nSPS) is 13.1. The van der Waals surface area contributed by atoms with Crippen LogP contribution in [0.5, 0.6) is 5.75 Å². The van der Waals surface area contributed by atoms with Crippen LogP contribution in [-0.4, -0.2) is 31.1 Å². The maximum Gasteiger partial charge on any atom is 0.227 e. The van der Waals surface area contributed by atoms with Gasteiger partial charge in [0.05, 0.1) is 6.10 Å². The Morgan fingerprint density at radius 1 is 1.21 bits per heavy atom. The molecular weight excluding hydrogens is 479 g/mol. The van der Waals surface area contributed by atoms with Crippen molar-refractivity contribution < 1.29 is 9.53 Å². The van der Waals surface area contributed by atoms with E-state index in [2.05, 4.69) is 16.4 Å². The molecule has 1 aliphatic heterocycles. The van der Waals surface area contributed by atoms with Gasteiger partial charge in [0.25, 0.3) is 0 Å². The standard InChI is InChI=1S/C22H28N4O2.HI/c1-16(2)28-19-11-9-18(10-12-19)25-22(23)24-14-5-8-21(27)26-15-13-17-6-3-4-7-20(17)26;/h3-4,6-7,9-12,16H,5,8,13-15H2,1-2H3,(H3,23,24,25);1H. The summed E-state index contributed by atoms with van der Waals surface area (Å²) < 4.78 is 5.61. The SMILES string of the molecule is CC(C)Oc1ccc(NC(N)=NCCCC(=O)N2CCc3ccccc32)cc1.I. The number of carbonyl (C=O) groups excluding carboxylic acids is 1. The molecule has 0 unspecified atom stereocenters. The molecule has 0 aliphatic carbocycles. The number of benzene rings is 2. The van der Waals surface area contributed by atoms with E-state index in [-0.39, 0.29) is 36.0 Å². The van der Waals surface area contributed by atoms with E-state index >= 15 is 0 Å². The largest absolute Gasteiger partial charge is 0.491 e. The van der Waals surface area contributed by atoms with Crippen LogP contribution in [0.15, 0.2) is 53.5 Å². The number of amides is 1. The van der Waals surface area contributed by atoms with Crippen molar-refractivity contribution in [3.63, 3.8) is 0 Å². The number of nitrogens with zero attached hydrogens (tertiary/aromatic N) is 2. The number of carbonyl (C=O) groups is 1. The zero-order valence-electron chi connectivity index (χ0n) is 16.9. The van der Waals surface area contributed by atoms with E-state index in [0.717, 1.165) is 30.1 Å². The lowest BCUT2D eigenvalue weighted by Crippen LogP contribution is -2.28. The first-order valence-electron chi connectivity index (χ1n) is 9.75. The monoisotopic (exact) mass is 508 g/mol. The van der Waals surface area contributed by atoms with Crippen molar-refractivity contribution >= 4 is 47.2 Å². The summed E-state index contributed by atoms with van der Waals surface area (Å²) in [6, 6.07) is 15.7. The van der Waals surface area contributed by atoms with E-state index in [0.29, 0.717) is 25.3 Å². The van der Waals surface area contributed by atoms with E-state index in [1.54, 1.807) is 0 Å². The summed E-state index contributed by atoms with van der Waals surface area (Å²) in [6.45, 7) is 5.25. The predicted octanol–water partition coefficient (Wildman–Crippen LogP) is 4.19. The Morgan fingerprint density at radius 2 is 1.93 bits per heavy atom. The Balaban J connectivity index is 0.00000300. The number of hydrogen-bond donors (Lipinski definition) is 2. The van der Waals surface area contributed by atoms with E-state index < -0.39 is 0 Å². The van der Waals surface area contributed by atoms with Gasteiger partial charge in [-0.05, 0) is 62.6 Å². The van der Waals surface area contributed by atoms with Crippen LogP contribution in [0.2, 0.25) is 0 Å². The van der Waals surface area contributed by atoms with Gasteiger partial charge in [-0.1, -0.05) is 18.2 Å². The Hall–Kier alpha value is -2.29. The fourth-order valence-corrected chi connectivity index (χ4v) is 3.24. The van der Waals surface area contributed by atoms with Crippen LogP contribution in [0.4, 0.5) is 11.4 Å². The summed E-state index contributed by atoms with van der Waals surface area (Å²) in [4.78, 5) is 18.7. The third kappa shape index (κ3) is 6.62. The number of guanidine groups is 1. The molecule has 0 saturated carbocycles. The molecule has 156 valence electrons. The summed E-state index contributed by atoms with van der Waals surface area (Å²) >= 11 is 0. The Bertz CT molecular complexity index is 837. The number of hydrogen-bond acceptors (Lipinski definition) is 3. The van der Waals surface area contributed by atoms with Crippen LogP contribution < -0.4 is 20.7 Å².